The van der Waals surface area contributed by atoms with Gasteiger partial charge in [-0.15, -0.1) is 0 Å². The van der Waals surface area contributed by atoms with Gasteiger partial charge in [0.1, 0.15) is 11.9 Å². The van der Waals surface area contributed by atoms with E-state index in [0.29, 0.717) is 18.5 Å². The fourth-order valence-electron chi connectivity index (χ4n) is 3.70. The van der Waals surface area contributed by atoms with Crippen LogP contribution in [0.4, 0.5) is 4.39 Å². The summed E-state index contributed by atoms with van der Waals surface area (Å²) in [6.45, 7) is 6.13. The van der Waals surface area contributed by atoms with Crippen LogP contribution in [0, 0.1) is 12.7 Å². The van der Waals surface area contributed by atoms with Crippen molar-refractivity contribution in [3.8, 4) is 0 Å². The van der Waals surface area contributed by atoms with Crippen molar-refractivity contribution in [1.82, 2.24) is 10.2 Å². The van der Waals surface area contributed by atoms with Gasteiger partial charge < -0.3 is 10.2 Å². The number of nitrogens with zero attached hydrogens (tertiary/aromatic N) is 1. The average molecular weight is 447 g/mol. The summed E-state index contributed by atoms with van der Waals surface area (Å²) in [6, 6.07) is 22.8. The summed E-state index contributed by atoms with van der Waals surface area (Å²) in [5.74, 6) is -0.712. The first-order chi connectivity index (χ1) is 15.8. The highest BCUT2D eigenvalue weighted by atomic mass is 19.1. The first-order valence-electron chi connectivity index (χ1n) is 11.3. The van der Waals surface area contributed by atoms with E-state index in [1.807, 2.05) is 75.4 Å². The molecule has 3 aromatic carbocycles. The van der Waals surface area contributed by atoms with Gasteiger partial charge in [0, 0.05) is 19.0 Å². The molecule has 3 rings (SSSR count). The molecule has 0 radical (unpaired) electrons. The van der Waals surface area contributed by atoms with E-state index in [1.54, 1.807) is 17.0 Å². The SMILES string of the molecule is Cc1ccc(CN(C(=O)Cc2ccc(F)cc2)C(Cc2ccccc2)C(=O)NC(C)C)cc1. The number of aryl methyl sites for hydroxylation is 1. The van der Waals surface area contributed by atoms with Gasteiger partial charge in [0.2, 0.25) is 11.8 Å². The Morgan fingerprint density at radius 3 is 2.06 bits per heavy atom. The van der Waals surface area contributed by atoms with Crippen LogP contribution in [0.15, 0.2) is 78.9 Å². The fourth-order valence-corrected chi connectivity index (χ4v) is 3.70. The maximum absolute atomic E-state index is 13.5. The van der Waals surface area contributed by atoms with Crippen LogP contribution < -0.4 is 5.32 Å². The van der Waals surface area contributed by atoms with Gasteiger partial charge in [-0.1, -0.05) is 72.3 Å². The van der Waals surface area contributed by atoms with Gasteiger partial charge >= 0.3 is 0 Å². The molecule has 172 valence electrons. The second-order valence-corrected chi connectivity index (χ2v) is 8.68. The normalized spacial score (nSPS) is 11.8. The van der Waals surface area contributed by atoms with Crippen molar-refractivity contribution in [2.45, 2.75) is 52.2 Å². The molecule has 1 atom stereocenters. The predicted octanol–water partition coefficient (Wildman–Crippen LogP) is 4.84. The highest BCUT2D eigenvalue weighted by Crippen LogP contribution is 2.17. The Bertz CT molecular complexity index is 1050. The van der Waals surface area contributed by atoms with Crippen molar-refractivity contribution >= 4 is 11.8 Å². The average Bonchev–Trinajstić information content (AvgIpc) is 2.79. The topological polar surface area (TPSA) is 49.4 Å². The van der Waals surface area contributed by atoms with Crippen LogP contribution in [0.5, 0.6) is 0 Å². The molecule has 3 aromatic rings. The summed E-state index contributed by atoms with van der Waals surface area (Å²) in [5.41, 5.74) is 3.76. The molecule has 5 heteroatoms. The third-order valence-electron chi connectivity index (χ3n) is 5.44. The third kappa shape index (κ3) is 7.28. The van der Waals surface area contributed by atoms with Gasteiger partial charge in [0.05, 0.1) is 6.42 Å². The number of hydrogen-bond acceptors (Lipinski definition) is 2. The van der Waals surface area contributed by atoms with E-state index < -0.39 is 6.04 Å². The van der Waals surface area contributed by atoms with Crippen molar-refractivity contribution in [2.75, 3.05) is 0 Å². The first-order valence-corrected chi connectivity index (χ1v) is 11.3. The lowest BCUT2D eigenvalue weighted by Crippen LogP contribution is -2.52. The van der Waals surface area contributed by atoms with E-state index in [0.717, 1.165) is 16.7 Å². The summed E-state index contributed by atoms with van der Waals surface area (Å²) in [7, 11) is 0. The lowest BCUT2D eigenvalue weighted by molar-refractivity contribution is -0.141. The number of hydrogen-bond donors (Lipinski definition) is 1. The van der Waals surface area contributed by atoms with Gasteiger partial charge in [-0.25, -0.2) is 4.39 Å². The van der Waals surface area contributed by atoms with Gasteiger partial charge in [0.15, 0.2) is 0 Å². The molecule has 0 fully saturated rings. The highest BCUT2D eigenvalue weighted by molar-refractivity contribution is 5.89. The molecule has 1 unspecified atom stereocenters. The number of benzene rings is 3. The molecule has 2 amide bonds. The minimum absolute atomic E-state index is 0.0517. The summed E-state index contributed by atoms with van der Waals surface area (Å²) in [4.78, 5) is 28.5. The summed E-state index contributed by atoms with van der Waals surface area (Å²) in [5, 5.41) is 2.98. The molecule has 0 aliphatic heterocycles. The quantitative estimate of drug-likeness (QED) is 0.511. The molecule has 33 heavy (non-hydrogen) atoms. The van der Waals surface area contributed by atoms with E-state index in [-0.39, 0.29) is 30.1 Å². The molecule has 1 N–H and O–H groups in total. The second-order valence-electron chi connectivity index (χ2n) is 8.68. The summed E-state index contributed by atoms with van der Waals surface area (Å²) in [6.07, 6.45) is 0.493. The van der Waals surface area contributed by atoms with Crippen LogP contribution in [-0.2, 0) is 29.0 Å². The zero-order valence-electron chi connectivity index (χ0n) is 19.4. The lowest BCUT2D eigenvalue weighted by atomic mass is 10.0. The number of amides is 2. The molecule has 4 nitrogen and oxygen atoms in total. The molecular weight excluding hydrogens is 415 g/mol. The van der Waals surface area contributed by atoms with E-state index in [2.05, 4.69) is 5.32 Å². The largest absolute Gasteiger partial charge is 0.352 e. The van der Waals surface area contributed by atoms with Gasteiger partial charge in [0.25, 0.3) is 0 Å². The van der Waals surface area contributed by atoms with Crippen LogP contribution in [0.2, 0.25) is 0 Å². The van der Waals surface area contributed by atoms with Crippen molar-refractivity contribution in [2.24, 2.45) is 0 Å². The smallest absolute Gasteiger partial charge is 0.243 e. The molecule has 0 heterocycles. The minimum Gasteiger partial charge on any atom is -0.352 e. The molecule has 0 aliphatic carbocycles. The molecule has 0 bridgehead atoms. The minimum atomic E-state index is -0.677. The molecule has 0 aromatic heterocycles. The maximum atomic E-state index is 13.5. The molecule has 0 saturated carbocycles. The Morgan fingerprint density at radius 2 is 1.45 bits per heavy atom. The Morgan fingerprint density at radius 1 is 0.848 bits per heavy atom. The number of rotatable bonds is 9. The van der Waals surface area contributed by atoms with Crippen LogP contribution in [0.3, 0.4) is 0 Å². The predicted molar refractivity (Wildman–Crippen MR) is 129 cm³/mol. The van der Waals surface area contributed by atoms with Crippen LogP contribution in [0.25, 0.3) is 0 Å². The van der Waals surface area contributed by atoms with Crippen LogP contribution in [-0.4, -0.2) is 28.8 Å². The zero-order valence-corrected chi connectivity index (χ0v) is 19.4. The number of carbonyl (C=O) groups excluding carboxylic acids is 2. The van der Waals surface area contributed by atoms with E-state index in [9.17, 15) is 14.0 Å². The Kier molecular flexibility index (Phi) is 8.36. The monoisotopic (exact) mass is 446 g/mol. The fraction of sp³-hybridized carbons (Fsp3) is 0.286. The maximum Gasteiger partial charge on any atom is 0.243 e. The number of nitrogens with one attached hydrogen (secondary N) is 1. The third-order valence-corrected chi connectivity index (χ3v) is 5.44. The number of halogens is 1. The second kappa shape index (κ2) is 11.4. The zero-order chi connectivity index (χ0) is 23.8. The van der Waals surface area contributed by atoms with Gasteiger partial charge in [-0.05, 0) is 49.6 Å². The van der Waals surface area contributed by atoms with Crippen LogP contribution >= 0.6 is 0 Å². The Hall–Kier alpha value is -3.47. The van der Waals surface area contributed by atoms with Crippen molar-refractivity contribution in [3.05, 3.63) is 107 Å². The molecular formula is C28H31FN2O2. The Labute approximate surface area is 195 Å². The van der Waals surface area contributed by atoms with E-state index in [4.69, 9.17) is 0 Å². The van der Waals surface area contributed by atoms with Gasteiger partial charge in [-0.3, -0.25) is 9.59 Å². The van der Waals surface area contributed by atoms with Crippen molar-refractivity contribution in [3.63, 3.8) is 0 Å². The molecule has 0 aliphatic rings. The number of carbonyl (C=O) groups is 2. The highest BCUT2D eigenvalue weighted by Gasteiger charge is 2.30. The Balaban J connectivity index is 1.95. The van der Waals surface area contributed by atoms with Gasteiger partial charge in [-0.2, -0.15) is 0 Å². The van der Waals surface area contributed by atoms with Crippen molar-refractivity contribution < 1.29 is 14.0 Å². The molecule has 0 spiro atoms. The van der Waals surface area contributed by atoms with Crippen molar-refractivity contribution in [1.29, 1.82) is 0 Å². The summed E-state index contributed by atoms with van der Waals surface area (Å²) < 4.78 is 13.4. The molecule has 0 saturated heterocycles. The summed E-state index contributed by atoms with van der Waals surface area (Å²) >= 11 is 0. The van der Waals surface area contributed by atoms with E-state index in [1.165, 1.54) is 12.1 Å². The van der Waals surface area contributed by atoms with Crippen LogP contribution in [0.1, 0.15) is 36.1 Å². The first kappa shape index (κ1) is 24.2. The standard InChI is InChI=1S/C28H31FN2O2/c1-20(2)30-28(33)26(17-22-7-5-4-6-8-22)31(19-24-11-9-21(3)10-12-24)27(32)18-23-13-15-25(29)16-14-23/h4-16,20,26H,17-19H2,1-3H3,(H,30,33). The van der Waals surface area contributed by atoms with E-state index >= 15 is 0 Å². The lowest BCUT2D eigenvalue weighted by Gasteiger charge is -2.32.